The van der Waals surface area contributed by atoms with E-state index in [4.69, 9.17) is 9.84 Å². The van der Waals surface area contributed by atoms with Crippen molar-refractivity contribution in [1.29, 1.82) is 0 Å². The maximum atomic E-state index is 12.4. The van der Waals surface area contributed by atoms with Crippen LogP contribution in [0.1, 0.15) is 24.6 Å². The molecule has 0 saturated heterocycles. The van der Waals surface area contributed by atoms with Crippen molar-refractivity contribution in [3.05, 3.63) is 27.7 Å². The zero-order chi connectivity index (χ0) is 14.6. The molecule has 0 amide bonds. The number of halogens is 3. The minimum Gasteiger partial charge on any atom is -0.481 e. The Hall–Kier alpha value is -1.90. The van der Waals surface area contributed by atoms with Gasteiger partial charge in [-0.15, -0.1) is 0 Å². The van der Waals surface area contributed by atoms with Gasteiger partial charge >= 0.3 is 12.1 Å². The summed E-state index contributed by atoms with van der Waals surface area (Å²) in [5.41, 5.74) is -2.84. The molecule has 1 heterocycles. The van der Waals surface area contributed by atoms with Crippen LogP contribution in [0.3, 0.4) is 0 Å². The Morgan fingerprint density at radius 3 is 2.74 bits per heavy atom. The highest BCUT2D eigenvalue weighted by molar-refractivity contribution is 5.67. The van der Waals surface area contributed by atoms with Crippen LogP contribution in [-0.4, -0.2) is 27.4 Å². The molecule has 1 rings (SSSR count). The summed E-state index contributed by atoms with van der Waals surface area (Å²) in [6.45, 7) is 1.14. The van der Waals surface area contributed by atoms with Crippen LogP contribution in [0.25, 0.3) is 0 Å². The Balaban J connectivity index is 2.76. The Kier molecular flexibility index (Phi) is 4.65. The first-order chi connectivity index (χ1) is 8.70. The largest absolute Gasteiger partial charge is 0.481 e. The van der Waals surface area contributed by atoms with Gasteiger partial charge in [0.2, 0.25) is 0 Å². The maximum absolute atomic E-state index is 12.4. The molecule has 106 valence electrons. The summed E-state index contributed by atoms with van der Waals surface area (Å²) in [7, 11) is 0. The third kappa shape index (κ3) is 4.70. The molecule has 1 aromatic rings. The first-order valence-corrected chi connectivity index (χ1v) is 5.19. The number of hydrogen-bond acceptors (Lipinski definition) is 4. The Labute approximate surface area is 105 Å². The third-order valence-electron chi connectivity index (χ3n) is 2.14. The molecule has 1 aromatic heterocycles. The molecule has 1 atom stereocenters. The van der Waals surface area contributed by atoms with Gasteiger partial charge in [0.1, 0.15) is 5.56 Å². The summed E-state index contributed by atoms with van der Waals surface area (Å²) in [6.07, 6.45) is -5.74. The smallest absolute Gasteiger partial charge is 0.421 e. The van der Waals surface area contributed by atoms with Crippen molar-refractivity contribution in [2.75, 3.05) is 0 Å². The third-order valence-corrected chi connectivity index (χ3v) is 2.14. The number of carbonyl (C=O) groups is 1. The number of H-pyrrole nitrogens is 1. The Morgan fingerprint density at radius 1 is 1.58 bits per heavy atom. The molecule has 9 heteroatoms. The average Bonchev–Trinajstić information content (AvgIpc) is 2.25. The standard InChI is InChI=1S/C10H11F3N2O4/c1-5(2-8(16)17)19-4-6-3-7(10(11,12)13)9(18)15-14-6/h3,5H,2,4H2,1H3,(H,15,18)(H,16,17). The average molecular weight is 280 g/mol. The van der Waals surface area contributed by atoms with E-state index in [-0.39, 0.29) is 18.7 Å². The summed E-state index contributed by atoms with van der Waals surface area (Å²) >= 11 is 0. The van der Waals surface area contributed by atoms with E-state index in [1.54, 1.807) is 5.10 Å². The Bertz CT molecular complexity index is 512. The first kappa shape index (κ1) is 15.2. The van der Waals surface area contributed by atoms with Gasteiger partial charge in [0.25, 0.3) is 5.56 Å². The number of aliphatic carboxylic acids is 1. The van der Waals surface area contributed by atoms with E-state index in [0.717, 1.165) is 0 Å². The lowest BCUT2D eigenvalue weighted by Gasteiger charge is -2.11. The fourth-order valence-corrected chi connectivity index (χ4v) is 1.26. The number of carboxylic acids is 1. The van der Waals surface area contributed by atoms with Gasteiger partial charge in [0, 0.05) is 0 Å². The molecule has 0 bridgehead atoms. The quantitative estimate of drug-likeness (QED) is 0.844. The van der Waals surface area contributed by atoms with E-state index in [1.165, 1.54) is 6.92 Å². The molecule has 2 N–H and O–H groups in total. The number of alkyl halides is 3. The zero-order valence-electron chi connectivity index (χ0n) is 9.82. The minimum absolute atomic E-state index is 0.135. The van der Waals surface area contributed by atoms with Crippen molar-refractivity contribution in [1.82, 2.24) is 10.2 Å². The number of hydrogen-bond donors (Lipinski definition) is 2. The van der Waals surface area contributed by atoms with Crippen LogP contribution in [0.5, 0.6) is 0 Å². The fourth-order valence-electron chi connectivity index (χ4n) is 1.26. The summed E-state index contributed by atoms with van der Waals surface area (Å²) in [4.78, 5) is 21.3. The number of ether oxygens (including phenoxy) is 1. The van der Waals surface area contributed by atoms with Crippen molar-refractivity contribution in [2.24, 2.45) is 0 Å². The summed E-state index contributed by atoms with van der Waals surface area (Å²) in [5, 5.41) is 13.6. The van der Waals surface area contributed by atoms with Gasteiger partial charge in [-0.3, -0.25) is 9.59 Å². The lowest BCUT2D eigenvalue weighted by Crippen LogP contribution is -2.24. The second kappa shape index (κ2) is 5.83. The van der Waals surface area contributed by atoms with Crippen LogP contribution in [-0.2, 0) is 22.3 Å². The normalized spacial score (nSPS) is 13.3. The van der Waals surface area contributed by atoms with Gasteiger partial charge in [-0.25, -0.2) is 5.10 Å². The van der Waals surface area contributed by atoms with E-state index in [2.05, 4.69) is 5.10 Å². The van der Waals surface area contributed by atoms with Crippen molar-refractivity contribution in [3.8, 4) is 0 Å². The number of aromatic amines is 1. The molecule has 0 aromatic carbocycles. The van der Waals surface area contributed by atoms with Crippen LogP contribution in [0.2, 0.25) is 0 Å². The van der Waals surface area contributed by atoms with E-state index in [0.29, 0.717) is 6.07 Å². The molecular weight excluding hydrogens is 269 g/mol. The van der Waals surface area contributed by atoms with Gasteiger partial charge in [-0.1, -0.05) is 0 Å². The van der Waals surface area contributed by atoms with Gasteiger partial charge < -0.3 is 9.84 Å². The van der Waals surface area contributed by atoms with E-state index < -0.39 is 29.4 Å². The van der Waals surface area contributed by atoms with Crippen LogP contribution < -0.4 is 5.56 Å². The maximum Gasteiger partial charge on any atom is 0.421 e. The Morgan fingerprint density at radius 2 is 2.21 bits per heavy atom. The van der Waals surface area contributed by atoms with E-state index in [9.17, 15) is 22.8 Å². The summed E-state index contributed by atoms with van der Waals surface area (Å²) in [5.74, 6) is -1.09. The van der Waals surface area contributed by atoms with Crippen molar-refractivity contribution < 1.29 is 27.8 Å². The zero-order valence-corrected chi connectivity index (χ0v) is 9.82. The number of aromatic nitrogens is 2. The summed E-state index contributed by atoms with van der Waals surface area (Å²) in [6, 6.07) is 0.576. The predicted octanol–water partition coefficient (Wildman–Crippen LogP) is 1.17. The number of rotatable bonds is 5. The highest BCUT2D eigenvalue weighted by atomic mass is 19.4. The van der Waals surface area contributed by atoms with Crippen molar-refractivity contribution in [2.45, 2.75) is 32.2 Å². The van der Waals surface area contributed by atoms with Gasteiger partial charge in [-0.05, 0) is 13.0 Å². The molecule has 0 saturated carbocycles. The molecule has 6 nitrogen and oxygen atoms in total. The molecule has 0 aliphatic heterocycles. The highest BCUT2D eigenvalue weighted by Gasteiger charge is 2.34. The molecule has 0 aliphatic carbocycles. The molecule has 0 fully saturated rings. The SMILES string of the molecule is CC(CC(=O)O)OCc1cc(C(F)(F)F)c(=O)[nH]n1. The molecule has 0 radical (unpaired) electrons. The van der Waals surface area contributed by atoms with E-state index >= 15 is 0 Å². The lowest BCUT2D eigenvalue weighted by molar-refractivity contribution is -0.140. The van der Waals surface area contributed by atoms with Crippen LogP contribution in [0, 0.1) is 0 Å². The first-order valence-electron chi connectivity index (χ1n) is 5.19. The molecule has 0 aliphatic rings. The van der Waals surface area contributed by atoms with Gasteiger partial charge in [0.05, 0.1) is 24.8 Å². The number of carboxylic acid groups (broad SMARTS) is 1. The predicted molar refractivity (Wildman–Crippen MR) is 56.4 cm³/mol. The minimum atomic E-state index is -4.78. The molecular formula is C10H11F3N2O4. The number of nitrogens with zero attached hydrogens (tertiary/aromatic N) is 1. The van der Waals surface area contributed by atoms with Crippen molar-refractivity contribution >= 4 is 5.97 Å². The van der Waals surface area contributed by atoms with Gasteiger partial charge in [0.15, 0.2) is 0 Å². The lowest BCUT2D eigenvalue weighted by atomic mass is 10.2. The topological polar surface area (TPSA) is 92.3 Å². The van der Waals surface area contributed by atoms with Crippen LogP contribution in [0.4, 0.5) is 13.2 Å². The van der Waals surface area contributed by atoms with Crippen molar-refractivity contribution in [3.63, 3.8) is 0 Å². The number of nitrogens with one attached hydrogen (secondary N) is 1. The highest BCUT2D eigenvalue weighted by Crippen LogP contribution is 2.26. The second-order valence-electron chi connectivity index (χ2n) is 3.82. The molecule has 0 spiro atoms. The molecule has 19 heavy (non-hydrogen) atoms. The summed E-state index contributed by atoms with van der Waals surface area (Å²) < 4.78 is 42.3. The fraction of sp³-hybridized carbons (Fsp3) is 0.500. The monoisotopic (exact) mass is 280 g/mol. The van der Waals surface area contributed by atoms with Crippen LogP contribution in [0.15, 0.2) is 10.9 Å². The van der Waals surface area contributed by atoms with Crippen LogP contribution >= 0.6 is 0 Å². The molecule has 1 unspecified atom stereocenters. The van der Waals surface area contributed by atoms with Gasteiger partial charge in [-0.2, -0.15) is 18.3 Å². The van der Waals surface area contributed by atoms with E-state index in [1.807, 2.05) is 0 Å². The second-order valence-corrected chi connectivity index (χ2v) is 3.82.